The molecule has 0 aromatic rings. The van der Waals surface area contributed by atoms with Crippen molar-refractivity contribution in [3.05, 3.63) is 0 Å². The minimum atomic E-state index is -0.553. The summed E-state index contributed by atoms with van der Waals surface area (Å²) in [7, 11) is 0. The molecule has 4 bridgehead atoms. The number of alkyl halides is 1. The van der Waals surface area contributed by atoms with E-state index in [2.05, 4.69) is 29.5 Å². The van der Waals surface area contributed by atoms with Gasteiger partial charge in [0.15, 0.2) is 6.29 Å². The monoisotopic (exact) mass is 350 g/mol. The van der Waals surface area contributed by atoms with Crippen LogP contribution < -0.4 is 0 Å². The molecule has 3 heteroatoms. The lowest BCUT2D eigenvalue weighted by Gasteiger charge is -2.56. The van der Waals surface area contributed by atoms with Crippen LogP contribution in [0.3, 0.4) is 0 Å². The minimum absolute atomic E-state index is 0.0498. The summed E-state index contributed by atoms with van der Waals surface area (Å²) in [5.41, 5.74) is 0.0498. The van der Waals surface area contributed by atoms with E-state index in [1.807, 2.05) is 0 Å². The van der Waals surface area contributed by atoms with Gasteiger partial charge in [0.05, 0.1) is 5.60 Å². The number of rotatable bonds is 4. The van der Waals surface area contributed by atoms with Crippen molar-refractivity contribution in [1.82, 2.24) is 0 Å². The average molecular weight is 350 g/mol. The molecular formula is C14H23IO2. The minimum Gasteiger partial charge on any atom is -0.368 e. The van der Waals surface area contributed by atoms with Gasteiger partial charge in [-0.15, -0.1) is 0 Å². The van der Waals surface area contributed by atoms with Gasteiger partial charge in [-0.05, 0) is 56.3 Å². The lowest BCUT2D eigenvalue weighted by molar-refractivity contribution is -0.251. The highest BCUT2D eigenvalue weighted by Crippen LogP contribution is 2.57. The number of aliphatic hydroxyl groups is 1. The molecule has 0 saturated heterocycles. The fourth-order valence-corrected chi connectivity index (χ4v) is 5.06. The molecule has 4 aliphatic rings. The fraction of sp³-hybridized carbons (Fsp3) is 1.00. The molecule has 0 heterocycles. The lowest BCUT2D eigenvalue weighted by atomic mass is 9.54. The maximum Gasteiger partial charge on any atom is 0.158 e. The SMILES string of the molecule is CC(CI)C(O)OC12CC3CC(CC(C3)C1)C2. The number of hydrogen-bond acceptors (Lipinski definition) is 2. The van der Waals surface area contributed by atoms with Crippen molar-refractivity contribution in [2.45, 2.75) is 57.3 Å². The maximum absolute atomic E-state index is 10.2. The van der Waals surface area contributed by atoms with Crippen LogP contribution in [0.15, 0.2) is 0 Å². The van der Waals surface area contributed by atoms with Gasteiger partial charge in [0.1, 0.15) is 0 Å². The summed E-state index contributed by atoms with van der Waals surface area (Å²) in [4.78, 5) is 0. The third kappa shape index (κ3) is 2.39. The summed E-state index contributed by atoms with van der Waals surface area (Å²) in [6.45, 7) is 2.08. The van der Waals surface area contributed by atoms with E-state index in [0.29, 0.717) is 0 Å². The van der Waals surface area contributed by atoms with Crippen LogP contribution in [0.1, 0.15) is 45.4 Å². The van der Waals surface area contributed by atoms with E-state index in [4.69, 9.17) is 4.74 Å². The highest BCUT2D eigenvalue weighted by molar-refractivity contribution is 14.1. The molecule has 0 aromatic heterocycles. The molecule has 1 N–H and O–H groups in total. The first-order chi connectivity index (χ1) is 8.10. The van der Waals surface area contributed by atoms with E-state index in [9.17, 15) is 5.11 Å². The third-order valence-electron chi connectivity index (χ3n) is 5.08. The summed E-state index contributed by atoms with van der Waals surface area (Å²) >= 11 is 2.33. The Kier molecular flexibility index (Phi) is 3.46. The van der Waals surface area contributed by atoms with Gasteiger partial charge in [0.2, 0.25) is 0 Å². The third-order valence-corrected chi connectivity index (χ3v) is 6.47. The van der Waals surface area contributed by atoms with Crippen LogP contribution in [-0.2, 0) is 4.74 Å². The zero-order chi connectivity index (χ0) is 12.0. The standard InChI is InChI=1S/C14H23IO2/c1-9(8-15)13(16)17-14-5-10-2-11(6-14)4-12(3-10)7-14/h9-13,16H,2-8H2,1H3. The van der Waals surface area contributed by atoms with Crippen LogP contribution in [0.4, 0.5) is 0 Å². The summed E-state index contributed by atoms with van der Waals surface area (Å²) in [6.07, 6.45) is 7.38. The Hall–Kier alpha value is 0.650. The van der Waals surface area contributed by atoms with Gasteiger partial charge < -0.3 is 9.84 Å². The van der Waals surface area contributed by atoms with Gasteiger partial charge in [0.25, 0.3) is 0 Å². The first-order valence-corrected chi connectivity index (χ1v) is 8.54. The van der Waals surface area contributed by atoms with E-state index in [1.54, 1.807) is 0 Å². The molecule has 4 aliphatic carbocycles. The first-order valence-electron chi connectivity index (χ1n) is 7.02. The van der Waals surface area contributed by atoms with Crippen molar-refractivity contribution >= 4 is 22.6 Å². The Labute approximate surface area is 118 Å². The Morgan fingerprint density at radius 1 is 1.18 bits per heavy atom. The quantitative estimate of drug-likeness (QED) is 0.479. The van der Waals surface area contributed by atoms with Crippen molar-refractivity contribution < 1.29 is 9.84 Å². The van der Waals surface area contributed by atoms with Crippen molar-refractivity contribution in [1.29, 1.82) is 0 Å². The van der Waals surface area contributed by atoms with Crippen molar-refractivity contribution in [2.24, 2.45) is 23.7 Å². The van der Waals surface area contributed by atoms with E-state index in [1.165, 1.54) is 38.5 Å². The summed E-state index contributed by atoms with van der Waals surface area (Å²) in [6, 6.07) is 0. The molecule has 2 nitrogen and oxygen atoms in total. The van der Waals surface area contributed by atoms with Crippen molar-refractivity contribution in [2.75, 3.05) is 4.43 Å². The predicted octanol–water partition coefficient (Wildman–Crippen LogP) is 3.36. The van der Waals surface area contributed by atoms with Crippen LogP contribution in [-0.4, -0.2) is 21.4 Å². The topological polar surface area (TPSA) is 29.5 Å². The molecular weight excluding hydrogens is 327 g/mol. The smallest absolute Gasteiger partial charge is 0.158 e. The fourth-order valence-electron chi connectivity index (χ4n) is 4.62. The van der Waals surface area contributed by atoms with E-state index in [0.717, 1.165) is 22.2 Å². The molecule has 2 atom stereocenters. The zero-order valence-corrected chi connectivity index (χ0v) is 12.7. The summed E-state index contributed by atoms with van der Waals surface area (Å²) < 4.78 is 7.12. The Morgan fingerprint density at radius 3 is 2.06 bits per heavy atom. The normalized spacial score (nSPS) is 47.1. The molecule has 0 amide bonds. The van der Waals surface area contributed by atoms with Gasteiger partial charge >= 0.3 is 0 Å². The number of ether oxygens (including phenoxy) is 1. The van der Waals surface area contributed by atoms with E-state index >= 15 is 0 Å². The summed E-state index contributed by atoms with van der Waals surface area (Å²) in [5.74, 6) is 2.93. The first kappa shape index (κ1) is 12.7. The Bertz CT molecular complexity index is 257. The van der Waals surface area contributed by atoms with Gasteiger partial charge in [-0.3, -0.25) is 0 Å². The number of halogens is 1. The molecule has 4 fully saturated rings. The van der Waals surface area contributed by atoms with E-state index < -0.39 is 6.29 Å². The number of aliphatic hydroxyl groups excluding tert-OH is 1. The Balaban J connectivity index is 1.69. The molecule has 0 aliphatic heterocycles. The molecule has 0 spiro atoms. The maximum atomic E-state index is 10.2. The van der Waals surface area contributed by atoms with Gasteiger partial charge in [0, 0.05) is 10.3 Å². The van der Waals surface area contributed by atoms with Crippen LogP contribution in [0.2, 0.25) is 0 Å². The molecule has 4 rings (SSSR count). The average Bonchev–Trinajstić information content (AvgIpc) is 2.25. The van der Waals surface area contributed by atoms with Crippen LogP contribution in [0.5, 0.6) is 0 Å². The molecule has 17 heavy (non-hydrogen) atoms. The predicted molar refractivity (Wildman–Crippen MR) is 76.0 cm³/mol. The Morgan fingerprint density at radius 2 is 1.65 bits per heavy atom. The molecule has 98 valence electrons. The van der Waals surface area contributed by atoms with E-state index in [-0.39, 0.29) is 11.5 Å². The van der Waals surface area contributed by atoms with Gasteiger partial charge in [-0.2, -0.15) is 0 Å². The second-order valence-electron chi connectivity index (χ2n) is 6.74. The lowest BCUT2D eigenvalue weighted by Crippen LogP contribution is -2.54. The highest BCUT2D eigenvalue weighted by atomic mass is 127. The molecule has 2 unspecified atom stereocenters. The molecule has 0 radical (unpaired) electrons. The summed E-state index contributed by atoms with van der Waals surface area (Å²) in [5, 5.41) is 10.2. The van der Waals surface area contributed by atoms with Crippen LogP contribution in [0, 0.1) is 23.7 Å². The van der Waals surface area contributed by atoms with Gasteiger partial charge in [-0.1, -0.05) is 29.5 Å². The number of hydrogen-bond donors (Lipinski definition) is 1. The second kappa shape index (κ2) is 4.64. The highest BCUT2D eigenvalue weighted by Gasteiger charge is 2.52. The second-order valence-corrected chi connectivity index (χ2v) is 7.62. The van der Waals surface area contributed by atoms with Crippen LogP contribution >= 0.6 is 22.6 Å². The zero-order valence-electron chi connectivity index (χ0n) is 10.6. The largest absolute Gasteiger partial charge is 0.368 e. The molecule has 4 saturated carbocycles. The van der Waals surface area contributed by atoms with Crippen LogP contribution in [0.25, 0.3) is 0 Å². The van der Waals surface area contributed by atoms with Crippen molar-refractivity contribution in [3.63, 3.8) is 0 Å². The van der Waals surface area contributed by atoms with Crippen molar-refractivity contribution in [3.8, 4) is 0 Å². The molecule has 0 aromatic carbocycles. The van der Waals surface area contributed by atoms with Gasteiger partial charge in [-0.25, -0.2) is 0 Å².